The van der Waals surface area contributed by atoms with Gasteiger partial charge >= 0.3 is 11.7 Å². The summed E-state index contributed by atoms with van der Waals surface area (Å²) >= 11 is 0. The second-order valence-corrected chi connectivity index (χ2v) is 6.67. The van der Waals surface area contributed by atoms with Gasteiger partial charge in [-0.1, -0.05) is 0 Å². The Morgan fingerprint density at radius 3 is 2.62 bits per heavy atom. The summed E-state index contributed by atoms with van der Waals surface area (Å²) in [6.45, 7) is 3.32. The Morgan fingerprint density at radius 1 is 1.31 bits per heavy atom. The summed E-state index contributed by atoms with van der Waals surface area (Å²) in [5.74, 6) is -0.881. The van der Waals surface area contributed by atoms with Gasteiger partial charge in [-0.05, 0) is 55.8 Å². The summed E-state index contributed by atoms with van der Waals surface area (Å²) in [5, 5.41) is 27.5. The molecular weight excluding hydrogens is 422 g/mol. The lowest BCUT2D eigenvalue weighted by Crippen LogP contribution is -2.28. The maximum atomic E-state index is 12.3. The van der Waals surface area contributed by atoms with E-state index < -0.39 is 22.8 Å². The van der Waals surface area contributed by atoms with Gasteiger partial charge in [0.15, 0.2) is 0 Å². The number of carbonyl (C=O) groups is 2. The van der Waals surface area contributed by atoms with Crippen molar-refractivity contribution in [3.8, 4) is 5.75 Å². The summed E-state index contributed by atoms with van der Waals surface area (Å²) in [5.41, 5.74) is 3.47. The fraction of sp³-hybridized carbons (Fsp3) is 0.200. The first kappa shape index (κ1) is 22.2. The molecule has 0 fully saturated rings. The minimum atomic E-state index is -1.15. The maximum absolute atomic E-state index is 12.3. The number of carbonyl (C=O) groups excluding carboxylic acids is 1. The molecule has 1 unspecified atom stereocenters. The molecule has 1 aromatic carbocycles. The van der Waals surface area contributed by atoms with Gasteiger partial charge in [0.25, 0.3) is 5.91 Å². The molecule has 1 amide bonds. The van der Waals surface area contributed by atoms with Crippen molar-refractivity contribution in [1.82, 2.24) is 15.2 Å². The van der Waals surface area contributed by atoms with Gasteiger partial charge in [-0.2, -0.15) is 10.2 Å². The number of ether oxygens (including phenoxy) is 1. The predicted octanol–water partition coefficient (Wildman–Crippen LogP) is 2.76. The normalized spacial score (nSPS) is 12.2. The van der Waals surface area contributed by atoms with E-state index in [1.165, 1.54) is 23.0 Å². The second-order valence-electron chi connectivity index (χ2n) is 6.67. The molecule has 0 aliphatic heterocycles. The number of furan rings is 1. The summed E-state index contributed by atoms with van der Waals surface area (Å²) in [6.07, 6.45) is 2.24. The molecule has 0 saturated carbocycles. The van der Waals surface area contributed by atoms with Gasteiger partial charge in [0.2, 0.25) is 5.76 Å². The third kappa shape index (κ3) is 5.36. The maximum Gasteiger partial charge on any atom is 0.371 e. The van der Waals surface area contributed by atoms with Gasteiger partial charge in [-0.25, -0.2) is 10.2 Å². The first-order valence-electron chi connectivity index (χ1n) is 9.32. The van der Waals surface area contributed by atoms with Crippen molar-refractivity contribution >= 4 is 23.3 Å². The SMILES string of the molecule is C/C(=N/NC(=O)C(C)n1cc([N+](=O)[O-])cn1)c1ccc(OCc2ccc(C(=O)O)o2)cc1. The van der Waals surface area contributed by atoms with Gasteiger partial charge in [-0.15, -0.1) is 0 Å². The molecule has 3 aromatic rings. The van der Waals surface area contributed by atoms with E-state index in [2.05, 4.69) is 15.6 Å². The first-order valence-corrected chi connectivity index (χ1v) is 9.32. The highest BCUT2D eigenvalue weighted by atomic mass is 16.6. The molecule has 2 N–H and O–H groups in total. The van der Waals surface area contributed by atoms with E-state index in [0.717, 1.165) is 11.8 Å². The van der Waals surface area contributed by atoms with Crippen LogP contribution in [0.25, 0.3) is 0 Å². The highest BCUT2D eigenvalue weighted by Gasteiger charge is 2.19. The molecule has 1 atom stereocenters. The minimum Gasteiger partial charge on any atom is -0.486 e. The number of nitrogens with one attached hydrogen (secondary N) is 1. The van der Waals surface area contributed by atoms with Crippen molar-refractivity contribution in [2.45, 2.75) is 26.5 Å². The molecule has 32 heavy (non-hydrogen) atoms. The number of carboxylic acid groups (broad SMARTS) is 1. The summed E-state index contributed by atoms with van der Waals surface area (Å²) in [4.78, 5) is 33.2. The van der Waals surface area contributed by atoms with Crippen molar-refractivity contribution in [2.24, 2.45) is 5.10 Å². The summed E-state index contributed by atoms with van der Waals surface area (Å²) in [6, 6.07) is 8.97. The number of carboxylic acids is 1. The molecule has 0 aliphatic carbocycles. The molecule has 2 aromatic heterocycles. The number of amides is 1. The van der Waals surface area contributed by atoms with Gasteiger partial charge in [-0.3, -0.25) is 19.6 Å². The number of hydrogen-bond acceptors (Lipinski definition) is 8. The summed E-state index contributed by atoms with van der Waals surface area (Å²) < 4.78 is 11.9. The van der Waals surface area contributed by atoms with Gasteiger partial charge in [0, 0.05) is 0 Å². The standard InChI is InChI=1S/C20H19N5O7/c1-12(22-23-19(26)13(2)24-10-15(9-21-24)25(29)30)14-3-5-16(6-4-14)31-11-17-7-8-18(32-17)20(27)28/h3-10,13H,11H2,1-2H3,(H,23,26)(H,27,28)/b22-12-. The number of benzene rings is 1. The zero-order chi connectivity index (χ0) is 23.3. The zero-order valence-electron chi connectivity index (χ0n) is 17.1. The molecule has 0 spiro atoms. The minimum absolute atomic E-state index is 0.0687. The molecule has 2 heterocycles. The van der Waals surface area contributed by atoms with Gasteiger partial charge in [0.1, 0.15) is 36.6 Å². The summed E-state index contributed by atoms with van der Waals surface area (Å²) in [7, 11) is 0. The Bertz CT molecular complexity index is 1160. The van der Waals surface area contributed by atoms with E-state index in [1.54, 1.807) is 38.1 Å². The van der Waals surface area contributed by atoms with Crippen LogP contribution in [0.1, 0.15) is 41.8 Å². The molecule has 3 rings (SSSR count). The van der Waals surface area contributed by atoms with Crippen LogP contribution in [0.4, 0.5) is 5.69 Å². The van der Waals surface area contributed by atoms with Crippen LogP contribution in [0.15, 0.2) is 58.3 Å². The van der Waals surface area contributed by atoms with Crippen LogP contribution in [-0.4, -0.2) is 37.4 Å². The van der Waals surface area contributed by atoms with Crippen LogP contribution in [0.5, 0.6) is 5.75 Å². The quantitative estimate of drug-likeness (QED) is 0.291. The van der Waals surface area contributed by atoms with Crippen molar-refractivity contribution in [2.75, 3.05) is 0 Å². The fourth-order valence-electron chi connectivity index (χ4n) is 2.57. The van der Waals surface area contributed by atoms with E-state index in [0.29, 0.717) is 17.2 Å². The topological polar surface area (TPSA) is 162 Å². The lowest BCUT2D eigenvalue weighted by molar-refractivity contribution is -0.385. The number of hydrazone groups is 1. The van der Waals surface area contributed by atoms with E-state index in [1.807, 2.05) is 0 Å². The molecule has 0 bridgehead atoms. The van der Waals surface area contributed by atoms with Crippen LogP contribution in [-0.2, 0) is 11.4 Å². The molecule has 12 nitrogen and oxygen atoms in total. The van der Waals surface area contributed by atoms with Crippen LogP contribution < -0.4 is 10.2 Å². The lowest BCUT2D eigenvalue weighted by Gasteiger charge is -2.10. The van der Waals surface area contributed by atoms with Crippen molar-refractivity contribution in [3.63, 3.8) is 0 Å². The molecular formula is C20H19N5O7. The second kappa shape index (κ2) is 9.55. The number of hydrogen-bond donors (Lipinski definition) is 2. The van der Waals surface area contributed by atoms with E-state index in [4.69, 9.17) is 14.3 Å². The van der Waals surface area contributed by atoms with E-state index >= 15 is 0 Å². The molecule has 12 heteroatoms. The third-order valence-electron chi connectivity index (χ3n) is 4.43. The third-order valence-corrected chi connectivity index (χ3v) is 4.43. The zero-order valence-corrected chi connectivity index (χ0v) is 17.1. The Labute approximate surface area is 181 Å². The monoisotopic (exact) mass is 441 g/mol. The molecule has 0 saturated heterocycles. The van der Waals surface area contributed by atoms with Crippen molar-refractivity contribution in [1.29, 1.82) is 0 Å². The number of aromatic carboxylic acids is 1. The van der Waals surface area contributed by atoms with Crippen LogP contribution in [0.3, 0.4) is 0 Å². The highest BCUT2D eigenvalue weighted by molar-refractivity contribution is 5.99. The van der Waals surface area contributed by atoms with Crippen LogP contribution in [0.2, 0.25) is 0 Å². The average Bonchev–Trinajstić information content (AvgIpc) is 3.46. The lowest BCUT2D eigenvalue weighted by atomic mass is 10.1. The van der Waals surface area contributed by atoms with Gasteiger partial charge < -0.3 is 14.3 Å². The van der Waals surface area contributed by atoms with Crippen LogP contribution >= 0.6 is 0 Å². The first-order chi connectivity index (χ1) is 15.2. The highest BCUT2D eigenvalue weighted by Crippen LogP contribution is 2.17. The molecule has 0 radical (unpaired) electrons. The Morgan fingerprint density at radius 2 is 2.03 bits per heavy atom. The van der Waals surface area contributed by atoms with Crippen molar-refractivity contribution < 1.29 is 28.8 Å². The number of aromatic nitrogens is 2. The molecule has 0 aliphatic rings. The van der Waals surface area contributed by atoms with E-state index in [9.17, 15) is 19.7 Å². The largest absolute Gasteiger partial charge is 0.486 e. The Kier molecular flexibility index (Phi) is 6.63. The number of nitro groups is 1. The Hall–Kier alpha value is -4.48. The number of nitrogens with zero attached hydrogens (tertiary/aromatic N) is 4. The van der Waals surface area contributed by atoms with Crippen molar-refractivity contribution in [3.05, 3.63) is 76.0 Å². The van der Waals surface area contributed by atoms with E-state index in [-0.39, 0.29) is 18.1 Å². The number of rotatable bonds is 9. The fourth-order valence-corrected chi connectivity index (χ4v) is 2.57. The predicted molar refractivity (Wildman–Crippen MR) is 110 cm³/mol. The Balaban J connectivity index is 1.55. The van der Waals surface area contributed by atoms with Crippen LogP contribution in [0, 0.1) is 10.1 Å². The average molecular weight is 441 g/mol. The smallest absolute Gasteiger partial charge is 0.371 e. The molecule has 166 valence electrons. The van der Waals surface area contributed by atoms with Gasteiger partial charge in [0.05, 0.1) is 10.6 Å².